The van der Waals surface area contributed by atoms with E-state index >= 15 is 0 Å². The average Bonchev–Trinajstić information content (AvgIpc) is 2.35. The number of nitrogens with zero attached hydrogens (tertiary/aromatic N) is 2. The van der Waals surface area contributed by atoms with Gasteiger partial charge in [-0.2, -0.15) is 0 Å². The lowest BCUT2D eigenvalue weighted by Crippen LogP contribution is -2.50. The second kappa shape index (κ2) is 6.43. The van der Waals surface area contributed by atoms with Crippen LogP contribution in [0.5, 0.6) is 0 Å². The zero-order chi connectivity index (χ0) is 12.0. The number of hydrogen-bond donors (Lipinski definition) is 2. The Morgan fingerprint density at radius 3 is 2.44 bits per heavy atom. The highest BCUT2D eigenvalue weighted by atomic mass is 15.3. The minimum atomic E-state index is 0.521. The minimum absolute atomic E-state index is 0.521. The van der Waals surface area contributed by atoms with Gasteiger partial charge in [-0.05, 0) is 25.5 Å². The monoisotopic (exact) mass is 222 g/mol. The van der Waals surface area contributed by atoms with Crippen molar-refractivity contribution in [3.8, 4) is 0 Å². The Labute approximate surface area is 97.9 Å². The molecular formula is C12H22N4. The molecule has 4 nitrogen and oxygen atoms in total. The molecule has 1 heterocycles. The largest absolute Gasteiger partial charge is 0.355 e. The molecule has 2 N–H and O–H groups in total. The number of rotatable bonds is 4. The summed E-state index contributed by atoms with van der Waals surface area (Å²) in [5.41, 5.74) is 0. The molecule has 0 saturated carbocycles. The fourth-order valence-electron chi connectivity index (χ4n) is 1.91. The van der Waals surface area contributed by atoms with Crippen LogP contribution in [0.15, 0.2) is 12.2 Å². The first kappa shape index (κ1) is 12.9. The van der Waals surface area contributed by atoms with E-state index in [1.165, 1.54) is 12.6 Å². The van der Waals surface area contributed by atoms with E-state index < -0.39 is 0 Å². The summed E-state index contributed by atoms with van der Waals surface area (Å²) in [5, 5.41) is 14.7. The van der Waals surface area contributed by atoms with Gasteiger partial charge in [0.1, 0.15) is 5.84 Å². The van der Waals surface area contributed by atoms with Gasteiger partial charge in [0.15, 0.2) is 0 Å². The maximum Gasteiger partial charge on any atom is 0.120 e. The van der Waals surface area contributed by atoms with Crippen LogP contribution in [0.25, 0.3) is 0 Å². The van der Waals surface area contributed by atoms with E-state index in [1.54, 1.807) is 12.2 Å². The smallest absolute Gasteiger partial charge is 0.120 e. The molecule has 0 bridgehead atoms. The molecule has 90 valence electrons. The molecule has 1 unspecified atom stereocenters. The summed E-state index contributed by atoms with van der Waals surface area (Å²) >= 11 is 0. The van der Waals surface area contributed by atoms with Gasteiger partial charge in [-0.15, -0.1) is 0 Å². The van der Waals surface area contributed by atoms with Crippen LogP contribution in [0.2, 0.25) is 0 Å². The van der Waals surface area contributed by atoms with E-state index in [4.69, 9.17) is 10.8 Å². The molecule has 1 saturated heterocycles. The number of piperazine rings is 1. The lowest BCUT2D eigenvalue weighted by Gasteiger charge is -2.38. The molecule has 1 fully saturated rings. The first-order valence-corrected chi connectivity index (χ1v) is 5.93. The Kier molecular flexibility index (Phi) is 5.19. The van der Waals surface area contributed by atoms with Crippen molar-refractivity contribution in [3.05, 3.63) is 12.2 Å². The second-order valence-electron chi connectivity index (χ2n) is 4.19. The van der Waals surface area contributed by atoms with E-state index in [2.05, 4.69) is 23.6 Å². The average molecular weight is 222 g/mol. The van der Waals surface area contributed by atoms with E-state index in [9.17, 15) is 0 Å². The van der Waals surface area contributed by atoms with Crippen molar-refractivity contribution >= 4 is 12.1 Å². The van der Waals surface area contributed by atoms with Crippen molar-refractivity contribution in [2.24, 2.45) is 0 Å². The molecule has 16 heavy (non-hydrogen) atoms. The zero-order valence-corrected chi connectivity index (χ0v) is 10.2. The van der Waals surface area contributed by atoms with Crippen LogP contribution in [0.1, 0.15) is 20.3 Å². The molecule has 1 atom stereocenters. The molecule has 1 rings (SSSR count). The van der Waals surface area contributed by atoms with Gasteiger partial charge in [-0.1, -0.05) is 6.92 Å². The fraction of sp³-hybridized carbons (Fsp3) is 0.667. The SMILES string of the molecule is CCC(C)N1CCN(C(=N)/C=C\C=N)CC1. The van der Waals surface area contributed by atoms with E-state index in [-0.39, 0.29) is 0 Å². The van der Waals surface area contributed by atoms with Crippen LogP contribution in [-0.2, 0) is 0 Å². The minimum Gasteiger partial charge on any atom is -0.355 e. The van der Waals surface area contributed by atoms with E-state index in [1.807, 2.05) is 0 Å². The number of amidine groups is 1. The zero-order valence-electron chi connectivity index (χ0n) is 10.2. The topological polar surface area (TPSA) is 54.2 Å². The maximum absolute atomic E-state index is 7.82. The lowest BCUT2D eigenvalue weighted by atomic mass is 10.2. The van der Waals surface area contributed by atoms with Crippen LogP contribution < -0.4 is 0 Å². The van der Waals surface area contributed by atoms with Crippen molar-refractivity contribution in [1.82, 2.24) is 9.80 Å². The third-order valence-electron chi connectivity index (χ3n) is 3.22. The molecule has 0 aromatic rings. The number of allylic oxidation sites excluding steroid dienone is 1. The van der Waals surface area contributed by atoms with Crippen LogP contribution in [0.4, 0.5) is 0 Å². The molecule has 0 aromatic carbocycles. The van der Waals surface area contributed by atoms with Crippen LogP contribution in [0.3, 0.4) is 0 Å². The van der Waals surface area contributed by atoms with Crippen LogP contribution >= 0.6 is 0 Å². The first-order chi connectivity index (χ1) is 7.69. The van der Waals surface area contributed by atoms with Crippen molar-refractivity contribution in [2.45, 2.75) is 26.3 Å². The molecule has 0 aromatic heterocycles. The summed E-state index contributed by atoms with van der Waals surface area (Å²) in [6.45, 7) is 8.39. The molecule has 0 spiro atoms. The van der Waals surface area contributed by atoms with Crippen molar-refractivity contribution < 1.29 is 0 Å². The maximum atomic E-state index is 7.82. The quantitative estimate of drug-likeness (QED) is 0.560. The Bertz CT molecular complexity index is 264. The second-order valence-corrected chi connectivity index (χ2v) is 4.19. The molecule has 1 aliphatic heterocycles. The lowest BCUT2D eigenvalue weighted by molar-refractivity contribution is 0.138. The van der Waals surface area contributed by atoms with Gasteiger partial charge in [0.25, 0.3) is 0 Å². The Morgan fingerprint density at radius 1 is 1.31 bits per heavy atom. The molecule has 0 amide bonds. The van der Waals surface area contributed by atoms with Crippen molar-refractivity contribution in [2.75, 3.05) is 26.2 Å². The molecule has 4 heteroatoms. The van der Waals surface area contributed by atoms with Gasteiger partial charge in [0.2, 0.25) is 0 Å². The predicted octanol–water partition coefficient (Wildman–Crippen LogP) is 1.59. The molecule has 0 aliphatic carbocycles. The Hall–Kier alpha value is -1.16. The number of nitrogens with one attached hydrogen (secondary N) is 2. The Balaban J connectivity index is 2.39. The Morgan fingerprint density at radius 2 is 1.94 bits per heavy atom. The summed E-state index contributed by atoms with van der Waals surface area (Å²) in [4.78, 5) is 4.54. The van der Waals surface area contributed by atoms with Crippen LogP contribution in [0, 0.1) is 10.8 Å². The molecule has 1 aliphatic rings. The van der Waals surface area contributed by atoms with Crippen molar-refractivity contribution in [1.29, 1.82) is 10.8 Å². The van der Waals surface area contributed by atoms with E-state index in [0.29, 0.717) is 11.9 Å². The fourth-order valence-corrected chi connectivity index (χ4v) is 1.91. The summed E-state index contributed by atoms with van der Waals surface area (Å²) in [5.74, 6) is 0.521. The van der Waals surface area contributed by atoms with Gasteiger partial charge in [0, 0.05) is 38.4 Å². The molecule has 0 radical (unpaired) electrons. The number of hydrogen-bond acceptors (Lipinski definition) is 3. The normalized spacial score (nSPS) is 20.0. The van der Waals surface area contributed by atoms with E-state index in [0.717, 1.165) is 26.2 Å². The van der Waals surface area contributed by atoms with Gasteiger partial charge >= 0.3 is 0 Å². The van der Waals surface area contributed by atoms with Gasteiger partial charge in [-0.25, -0.2) is 0 Å². The first-order valence-electron chi connectivity index (χ1n) is 5.93. The van der Waals surface area contributed by atoms with Gasteiger partial charge in [-0.3, -0.25) is 10.3 Å². The summed E-state index contributed by atoms with van der Waals surface area (Å²) < 4.78 is 0. The molecular weight excluding hydrogens is 200 g/mol. The summed E-state index contributed by atoms with van der Waals surface area (Å²) in [6, 6.07) is 0.647. The highest BCUT2D eigenvalue weighted by Crippen LogP contribution is 2.09. The summed E-state index contributed by atoms with van der Waals surface area (Å²) in [7, 11) is 0. The summed E-state index contributed by atoms with van der Waals surface area (Å²) in [6.07, 6.45) is 5.68. The highest BCUT2D eigenvalue weighted by molar-refractivity contribution is 5.93. The predicted molar refractivity (Wildman–Crippen MR) is 68.5 cm³/mol. The third-order valence-corrected chi connectivity index (χ3v) is 3.22. The standard InChI is InChI=1S/C12H22N4/c1-3-11(2)15-7-9-16(10-8-15)12(14)5-4-6-13/h4-6,11,13-14H,3,7-10H2,1-2H3/b5-4-,13-6?,14-12?. The third kappa shape index (κ3) is 3.45. The van der Waals surface area contributed by atoms with Gasteiger partial charge < -0.3 is 10.3 Å². The van der Waals surface area contributed by atoms with Crippen LogP contribution in [-0.4, -0.2) is 54.1 Å². The van der Waals surface area contributed by atoms with Crippen molar-refractivity contribution in [3.63, 3.8) is 0 Å². The van der Waals surface area contributed by atoms with Gasteiger partial charge in [0.05, 0.1) is 0 Å². The highest BCUT2D eigenvalue weighted by Gasteiger charge is 2.20.